The topological polar surface area (TPSA) is 0 Å². The minimum atomic E-state index is 0.261. The van der Waals surface area contributed by atoms with Crippen LogP contribution in [0.3, 0.4) is 0 Å². The maximum Gasteiger partial charge on any atom is -0.000348 e. The monoisotopic (exact) mass is 224 g/mol. The molecule has 88 valence electrons. The van der Waals surface area contributed by atoms with E-state index in [4.69, 9.17) is 0 Å². The van der Waals surface area contributed by atoms with Gasteiger partial charge in [-0.25, -0.2) is 0 Å². The van der Waals surface area contributed by atoms with Crippen LogP contribution in [0.1, 0.15) is 37.5 Å². The van der Waals surface area contributed by atoms with Crippen molar-refractivity contribution in [3.8, 4) is 0 Å². The predicted molar refractivity (Wildman–Crippen MR) is 74.0 cm³/mol. The second-order valence-corrected chi connectivity index (χ2v) is 6.11. The van der Waals surface area contributed by atoms with E-state index < -0.39 is 0 Å². The molecule has 2 aliphatic carbocycles. The summed E-state index contributed by atoms with van der Waals surface area (Å²) in [6.45, 7) is 9.32. The van der Waals surface area contributed by atoms with Gasteiger partial charge in [-0.15, -0.1) is 0 Å². The van der Waals surface area contributed by atoms with Gasteiger partial charge in [-0.2, -0.15) is 0 Å². The first-order valence-electron chi connectivity index (χ1n) is 6.51. The van der Waals surface area contributed by atoms with Gasteiger partial charge in [-0.05, 0) is 40.9 Å². The third kappa shape index (κ3) is 1.36. The first-order valence-corrected chi connectivity index (χ1v) is 6.51. The van der Waals surface area contributed by atoms with E-state index in [1.54, 1.807) is 5.57 Å². The molecule has 0 bridgehead atoms. The van der Waals surface area contributed by atoms with E-state index in [1.165, 1.54) is 16.7 Å². The molecule has 0 heteroatoms. The van der Waals surface area contributed by atoms with Crippen molar-refractivity contribution in [2.45, 2.75) is 33.1 Å². The van der Waals surface area contributed by atoms with Gasteiger partial charge in [0.1, 0.15) is 0 Å². The highest BCUT2D eigenvalue weighted by atomic mass is 14.5. The molecular formula is C17H20. The van der Waals surface area contributed by atoms with Gasteiger partial charge in [0.25, 0.3) is 0 Å². The summed E-state index contributed by atoms with van der Waals surface area (Å²) in [5.41, 5.74) is 6.18. The van der Waals surface area contributed by atoms with Crippen molar-refractivity contribution in [2.75, 3.05) is 0 Å². The third-order valence-corrected chi connectivity index (χ3v) is 4.51. The van der Waals surface area contributed by atoms with E-state index in [0.717, 1.165) is 0 Å². The average molecular weight is 224 g/mol. The molecule has 0 fully saturated rings. The normalized spacial score (nSPS) is 28.6. The Hall–Kier alpha value is -1.30. The Labute approximate surface area is 104 Å². The van der Waals surface area contributed by atoms with E-state index in [9.17, 15) is 0 Å². The molecule has 0 nitrogen and oxygen atoms in total. The first-order chi connectivity index (χ1) is 8.01. The predicted octanol–water partition coefficient (Wildman–Crippen LogP) is 4.49. The molecule has 2 atom stereocenters. The zero-order chi connectivity index (χ0) is 12.2. The fraction of sp³-hybridized carbons (Fsp3) is 0.412. The van der Waals surface area contributed by atoms with Crippen LogP contribution >= 0.6 is 0 Å². The van der Waals surface area contributed by atoms with E-state index >= 15 is 0 Å². The zero-order valence-corrected chi connectivity index (χ0v) is 11.1. The van der Waals surface area contributed by atoms with Gasteiger partial charge in [0, 0.05) is 0 Å². The van der Waals surface area contributed by atoms with E-state index in [-0.39, 0.29) is 5.41 Å². The Kier molecular flexibility index (Phi) is 2.13. The smallest absolute Gasteiger partial charge is 0.000348 e. The molecule has 0 spiro atoms. The molecule has 0 radical (unpaired) electrons. The molecule has 2 unspecified atom stereocenters. The lowest BCUT2D eigenvalue weighted by Crippen LogP contribution is -2.29. The maximum atomic E-state index is 2.40. The third-order valence-electron chi connectivity index (χ3n) is 4.51. The molecule has 17 heavy (non-hydrogen) atoms. The largest absolute Gasteiger partial charge is 0.0810 e. The van der Waals surface area contributed by atoms with Crippen molar-refractivity contribution >= 4 is 5.57 Å². The second kappa shape index (κ2) is 3.35. The highest BCUT2D eigenvalue weighted by Crippen LogP contribution is 2.54. The Morgan fingerprint density at radius 1 is 1.18 bits per heavy atom. The van der Waals surface area contributed by atoms with Gasteiger partial charge < -0.3 is 0 Å². The molecule has 0 saturated carbocycles. The minimum absolute atomic E-state index is 0.261. The Morgan fingerprint density at radius 2 is 1.94 bits per heavy atom. The van der Waals surface area contributed by atoms with E-state index in [0.29, 0.717) is 11.8 Å². The second-order valence-electron chi connectivity index (χ2n) is 6.11. The van der Waals surface area contributed by atoms with Crippen molar-refractivity contribution < 1.29 is 0 Å². The number of rotatable bonds is 0. The number of hydrogen-bond acceptors (Lipinski definition) is 0. The van der Waals surface area contributed by atoms with Crippen LogP contribution in [0.25, 0.3) is 5.57 Å². The van der Waals surface area contributed by atoms with Crippen molar-refractivity contribution in [1.82, 2.24) is 0 Å². The van der Waals surface area contributed by atoms with Crippen LogP contribution in [0.2, 0.25) is 0 Å². The Bertz CT molecular complexity index is 529. The SMILES string of the molecule is Cc1ccc2c(c1)C(C)(C)C1C2=CC=CC1C. The van der Waals surface area contributed by atoms with E-state index in [1.807, 2.05) is 0 Å². The summed E-state index contributed by atoms with van der Waals surface area (Å²) in [6, 6.07) is 6.92. The summed E-state index contributed by atoms with van der Waals surface area (Å²) in [6.07, 6.45) is 6.88. The van der Waals surface area contributed by atoms with E-state index in [2.05, 4.69) is 64.1 Å². The molecule has 0 heterocycles. The lowest BCUT2D eigenvalue weighted by Gasteiger charge is -2.33. The highest BCUT2D eigenvalue weighted by Gasteiger charge is 2.45. The number of fused-ring (bicyclic) bond motifs is 3. The molecule has 1 aromatic rings. The molecule has 0 saturated heterocycles. The molecule has 0 amide bonds. The van der Waals surface area contributed by atoms with Gasteiger partial charge in [-0.3, -0.25) is 0 Å². The van der Waals surface area contributed by atoms with Gasteiger partial charge >= 0.3 is 0 Å². The average Bonchev–Trinajstić information content (AvgIpc) is 2.49. The maximum absolute atomic E-state index is 2.40. The zero-order valence-electron chi connectivity index (χ0n) is 11.1. The molecule has 3 rings (SSSR count). The van der Waals surface area contributed by atoms with Crippen LogP contribution < -0.4 is 0 Å². The minimum Gasteiger partial charge on any atom is -0.0810 e. The fourth-order valence-corrected chi connectivity index (χ4v) is 3.75. The highest BCUT2D eigenvalue weighted by molar-refractivity contribution is 5.80. The fourth-order valence-electron chi connectivity index (χ4n) is 3.75. The number of aryl methyl sites for hydroxylation is 1. The van der Waals surface area contributed by atoms with Crippen LogP contribution in [0.15, 0.2) is 36.4 Å². The van der Waals surface area contributed by atoms with Gasteiger partial charge in [0.05, 0.1) is 0 Å². The summed E-state index contributed by atoms with van der Waals surface area (Å²) in [7, 11) is 0. The first kappa shape index (κ1) is 10.8. The van der Waals surface area contributed by atoms with Crippen molar-refractivity contribution in [3.05, 3.63) is 53.1 Å². The lowest BCUT2D eigenvalue weighted by molar-refractivity contribution is 0.347. The quantitative estimate of drug-likeness (QED) is 0.609. The van der Waals surface area contributed by atoms with Gasteiger partial charge in [-0.1, -0.05) is 62.8 Å². The summed E-state index contributed by atoms with van der Waals surface area (Å²) >= 11 is 0. The number of hydrogen-bond donors (Lipinski definition) is 0. The standard InChI is InChI=1S/C17H20/c1-11-8-9-13-14-7-5-6-12(2)16(14)17(3,4)15(13)10-11/h5-10,12,16H,1-4H3. The Balaban J connectivity index is 2.27. The van der Waals surface area contributed by atoms with Crippen LogP contribution in [-0.4, -0.2) is 0 Å². The lowest BCUT2D eigenvalue weighted by atomic mass is 9.70. The number of benzene rings is 1. The van der Waals surface area contributed by atoms with Crippen molar-refractivity contribution in [1.29, 1.82) is 0 Å². The molecule has 1 aromatic carbocycles. The molecule has 0 aromatic heterocycles. The Morgan fingerprint density at radius 3 is 2.71 bits per heavy atom. The van der Waals surface area contributed by atoms with Crippen LogP contribution in [0.4, 0.5) is 0 Å². The van der Waals surface area contributed by atoms with Crippen molar-refractivity contribution in [3.63, 3.8) is 0 Å². The molecule has 2 aliphatic rings. The van der Waals surface area contributed by atoms with Crippen molar-refractivity contribution in [2.24, 2.45) is 11.8 Å². The van der Waals surface area contributed by atoms with Crippen LogP contribution in [0.5, 0.6) is 0 Å². The molecular weight excluding hydrogens is 204 g/mol. The molecule has 0 N–H and O–H groups in total. The summed E-state index contributed by atoms with van der Waals surface area (Å²) < 4.78 is 0. The summed E-state index contributed by atoms with van der Waals surface area (Å²) in [5, 5.41) is 0. The van der Waals surface area contributed by atoms with Gasteiger partial charge in [0.15, 0.2) is 0 Å². The van der Waals surface area contributed by atoms with Crippen LogP contribution in [-0.2, 0) is 5.41 Å². The van der Waals surface area contributed by atoms with Crippen LogP contribution in [0, 0.1) is 18.8 Å². The molecule has 0 aliphatic heterocycles. The summed E-state index contributed by atoms with van der Waals surface area (Å²) in [5.74, 6) is 1.28. The van der Waals surface area contributed by atoms with Gasteiger partial charge in [0.2, 0.25) is 0 Å². The number of allylic oxidation sites excluding steroid dienone is 4. The summed E-state index contributed by atoms with van der Waals surface area (Å²) in [4.78, 5) is 0.